The predicted octanol–water partition coefficient (Wildman–Crippen LogP) is 2.85. The number of hydrogen-bond donors (Lipinski definition) is 2. The second-order valence-corrected chi connectivity index (χ2v) is 6.79. The first-order valence-electron chi connectivity index (χ1n) is 8.01. The maximum atomic E-state index is 11.9. The molecule has 1 saturated heterocycles. The molecule has 24 heavy (non-hydrogen) atoms. The number of fused-ring (bicyclic) bond motifs is 1. The summed E-state index contributed by atoms with van der Waals surface area (Å²) < 4.78 is 5.72. The molecular formula is C18H23ClN2O2S. The average Bonchev–Trinajstić information content (AvgIpc) is 2.59. The van der Waals surface area contributed by atoms with Crippen molar-refractivity contribution < 1.29 is 9.53 Å². The molecule has 1 unspecified atom stereocenters. The van der Waals surface area contributed by atoms with E-state index in [9.17, 15) is 4.79 Å². The Morgan fingerprint density at radius 3 is 2.88 bits per heavy atom. The Balaban J connectivity index is 0.00000208. The summed E-state index contributed by atoms with van der Waals surface area (Å²) in [5.41, 5.74) is 0. The number of halogens is 1. The summed E-state index contributed by atoms with van der Waals surface area (Å²) >= 11 is 1.90. The van der Waals surface area contributed by atoms with Crippen molar-refractivity contribution in [3.05, 3.63) is 42.5 Å². The zero-order valence-corrected chi connectivity index (χ0v) is 15.1. The van der Waals surface area contributed by atoms with Crippen LogP contribution in [-0.4, -0.2) is 43.2 Å². The smallest absolute Gasteiger partial charge is 0.221 e. The predicted molar refractivity (Wildman–Crippen MR) is 103 cm³/mol. The van der Waals surface area contributed by atoms with Gasteiger partial charge in [-0.05, 0) is 22.9 Å². The van der Waals surface area contributed by atoms with Crippen LogP contribution in [0.1, 0.15) is 6.42 Å². The Bertz CT molecular complexity index is 662. The highest BCUT2D eigenvalue weighted by Crippen LogP contribution is 2.20. The van der Waals surface area contributed by atoms with E-state index < -0.39 is 0 Å². The Hall–Kier alpha value is -1.43. The Kier molecular flexibility index (Phi) is 7.69. The summed E-state index contributed by atoms with van der Waals surface area (Å²) in [5, 5.41) is 8.66. The Morgan fingerprint density at radius 2 is 2.08 bits per heavy atom. The van der Waals surface area contributed by atoms with Crippen LogP contribution < -0.4 is 15.4 Å². The minimum Gasteiger partial charge on any atom is -0.492 e. The van der Waals surface area contributed by atoms with E-state index in [-0.39, 0.29) is 18.3 Å². The second-order valence-electron chi connectivity index (χ2n) is 5.64. The van der Waals surface area contributed by atoms with Crippen molar-refractivity contribution in [2.75, 3.05) is 31.2 Å². The van der Waals surface area contributed by atoms with E-state index in [1.807, 2.05) is 36.0 Å². The zero-order valence-electron chi connectivity index (χ0n) is 13.5. The summed E-state index contributed by atoms with van der Waals surface area (Å²) in [6, 6.07) is 14.5. The van der Waals surface area contributed by atoms with Gasteiger partial charge >= 0.3 is 0 Å². The first kappa shape index (κ1) is 18.9. The van der Waals surface area contributed by atoms with E-state index in [1.165, 1.54) is 5.39 Å². The van der Waals surface area contributed by atoms with Crippen LogP contribution in [-0.2, 0) is 4.79 Å². The molecule has 0 aliphatic carbocycles. The Morgan fingerprint density at radius 1 is 1.25 bits per heavy atom. The molecule has 0 bridgehead atoms. The van der Waals surface area contributed by atoms with E-state index in [0.717, 1.165) is 29.2 Å². The van der Waals surface area contributed by atoms with Gasteiger partial charge in [0.2, 0.25) is 5.91 Å². The van der Waals surface area contributed by atoms with Crippen LogP contribution in [0.2, 0.25) is 0 Å². The van der Waals surface area contributed by atoms with Gasteiger partial charge in [-0.25, -0.2) is 0 Å². The molecule has 6 heteroatoms. The number of rotatable bonds is 6. The lowest BCUT2D eigenvalue weighted by Crippen LogP contribution is -2.41. The molecule has 1 aliphatic heterocycles. The number of amides is 1. The van der Waals surface area contributed by atoms with E-state index in [2.05, 4.69) is 28.8 Å². The summed E-state index contributed by atoms with van der Waals surface area (Å²) in [7, 11) is 0. The fourth-order valence-electron chi connectivity index (χ4n) is 2.66. The molecule has 2 aromatic carbocycles. The van der Waals surface area contributed by atoms with Crippen LogP contribution >= 0.6 is 24.2 Å². The molecule has 1 amide bonds. The zero-order chi connectivity index (χ0) is 15.9. The fraction of sp³-hybridized carbons (Fsp3) is 0.389. The van der Waals surface area contributed by atoms with E-state index >= 15 is 0 Å². The van der Waals surface area contributed by atoms with Crippen molar-refractivity contribution in [1.29, 1.82) is 0 Å². The van der Waals surface area contributed by atoms with Crippen molar-refractivity contribution in [3.8, 4) is 5.75 Å². The fourth-order valence-corrected chi connectivity index (χ4v) is 3.61. The number of carbonyl (C=O) groups excluding carboxylic acids is 1. The van der Waals surface area contributed by atoms with E-state index in [4.69, 9.17) is 4.74 Å². The minimum absolute atomic E-state index is 0. The van der Waals surface area contributed by atoms with Crippen molar-refractivity contribution >= 4 is 40.8 Å². The minimum atomic E-state index is 0. The molecule has 0 spiro atoms. The first-order valence-corrected chi connectivity index (χ1v) is 9.16. The quantitative estimate of drug-likeness (QED) is 0.772. The molecule has 1 atom stereocenters. The van der Waals surface area contributed by atoms with Crippen LogP contribution in [0.25, 0.3) is 10.8 Å². The summed E-state index contributed by atoms with van der Waals surface area (Å²) in [6.45, 7) is 2.01. The van der Waals surface area contributed by atoms with Crippen LogP contribution in [0, 0.1) is 0 Å². The number of ether oxygens (including phenoxy) is 1. The second kappa shape index (κ2) is 9.77. The average molecular weight is 367 g/mol. The molecule has 0 radical (unpaired) electrons. The van der Waals surface area contributed by atoms with Gasteiger partial charge in [-0.1, -0.05) is 30.3 Å². The van der Waals surface area contributed by atoms with Gasteiger partial charge in [0.05, 0.1) is 6.54 Å². The summed E-state index contributed by atoms with van der Waals surface area (Å²) in [5.74, 6) is 3.08. The largest absolute Gasteiger partial charge is 0.492 e. The summed E-state index contributed by atoms with van der Waals surface area (Å²) in [4.78, 5) is 11.9. The summed E-state index contributed by atoms with van der Waals surface area (Å²) in [6.07, 6.45) is 0.545. The van der Waals surface area contributed by atoms with Gasteiger partial charge < -0.3 is 15.4 Å². The van der Waals surface area contributed by atoms with Gasteiger partial charge in [-0.2, -0.15) is 11.8 Å². The van der Waals surface area contributed by atoms with Crippen molar-refractivity contribution in [1.82, 2.24) is 10.6 Å². The van der Waals surface area contributed by atoms with Crippen molar-refractivity contribution in [3.63, 3.8) is 0 Å². The maximum Gasteiger partial charge on any atom is 0.221 e. The van der Waals surface area contributed by atoms with Crippen molar-refractivity contribution in [2.45, 2.75) is 12.5 Å². The van der Waals surface area contributed by atoms with Crippen LogP contribution in [0.15, 0.2) is 42.5 Å². The number of benzene rings is 2. The lowest BCUT2D eigenvalue weighted by Gasteiger charge is -2.22. The van der Waals surface area contributed by atoms with Crippen LogP contribution in [0.4, 0.5) is 0 Å². The maximum absolute atomic E-state index is 11.9. The highest BCUT2D eigenvalue weighted by molar-refractivity contribution is 7.99. The third-order valence-corrected chi connectivity index (χ3v) is 4.98. The SMILES string of the molecule is Cl.O=C(CC1CSCCN1)NCCOc1ccc2ccccc2c1. The van der Waals surface area contributed by atoms with Gasteiger partial charge in [-0.15, -0.1) is 12.4 Å². The number of carbonyl (C=O) groups is 1. The molecule has 1 fully saturated rings. The molecule has 2 aromatic rings. The normalized spacial score (nSPS) is 17.1. The molecule has 1 heterocycles. The first-order chi connectivity index (χ1) is 11.3. The Labute approximate surface area is 153 Å². The molecule has 3 rings (SSSR count). The molecule has 4 nitrogen and oxygen atoms in total. The van der Waals surface area contributed by atoms with Crippen LogP contribution in [0.3, 0.4) is 0 Å². The lowest BCUT2D eigenvalue weighted by molar-refractivity contribution is -0.121. The number of hydrogen-bond acceptors (Lipinski definition) is 4. The third-order valence-electron chi connectivity index (χ3n) is 3.84. The highest BCUT2D eigenvalue weighted by atomic mass is 35.5. The molecular weight excluding hydrogens is 344 g/mol. The monoisotopic (exact) mass is 366 g/mol. The third kappa shape index (κ3) is 5.58. The molecule has 0 aromatic heterocycles. The topological polar surface area (TPSA) is 50.4 Å². The van der Waals surface area contributed by atoms with Gasteiger partial charge in [-0.3, -0.25) is 4.79 Å². The van der Waals surface area contributed by atoms with E-state index in [1.54, 1.807) is 0 Å². The molecule has 130 valence electrons. The van der Waals surface area contributed by atoms with Gasteiger partial charge in [0.25, 0.3) is 0 Å². The van der Waals surface area contributed by atoms with Crippen molar-refractivity contribution in [2.24, 2.45) is 0 Å². The van der Waals surface area contributed by atoms with Gasteiger partial charge in [0.15, 0.2) is 0 Å². The van der Waals surface area contributed by atoms with Gasteiger partial charge in [0, 0.05) is 30.5 Å². The molecule has 2 N–H and O–H groups in total. The van der Waals surface area contributed by atoms with E-state index in [0.29, 0.717) is 25.6 Å². The molecule has 1 aliphatic rings. The number of nitrogens with one attached hydrogen (secondary N) is 2. The van der Waals surface area contributed by atoms with Crippen LogP contribution in [0.5, 0.6) is 5.75 Å². The van der Waals surface area contributed by atoms with Gasteiger partial charge in [0.1, 0.15) is 12.4 Å². The lowest BCUT2D eigenvalue weighted by atomic mass is 10.1. The molecule has 0 saturated carbocycles. The highest BCUT2D eigenvalue weighted by Gasteiger charge is 2.16. The number of thioether (sulfide) groups is 1. The standard InChI is InChI=1S/C18H22N2O2S.ClH/c21-18(12-16-13-23-10-8-19-16)20-7-9-22-17-6-5-14-3-1-2-4-15(14)11-17;/h1-6,11,16,19H,7-10,12-13H2,(H,20,21);1H.